The summed E-state index contributed by atoms with van der Waals surface area (Å²) < 4.78 is 9.96. The lowest BCUT2D eigenvalue weighted by atomic mass is 10.1. The average Bonchev–Trinajstić information content (AvgIpc) is 2.45. The largest absolute Gasteiger partial charge is 0.497 e. The van der Waals surface area contributed by atoms with E-state index in [1.807, 2.05) is 0 Å². The van der Waals surface area contributed by atoms with E-state index in [4.69, 9.17) is 15.2 Å². The first-order valence-corrected chi connectivity index (χ1v) is 6.81. The Balaban J connectivity index is 2.48. The first-order chi connectivity index (χ1) is 9.93. The Morgan fingerprint density at radius 2 is 2.05 bits per heavy atom. The van der Waals surface area contributed by atoms with Gasteiger partial charge in [-0.1, -0.05) is 13.8 Å². The molecule has 0 unspecified atom stereocenters. The molecule has 1 amide bonds. The summed E-state index contributed by atoms with van der Waals surface area (Å²) in [5.74, 6) is 0.0258. The molecular formula is C15H22N2O4. The van der Waals surface area contributed by atoms with Gasteiger partial charge in [-0.25, -0.2) is 4.79 Å². The molecule has 0 spiro atoms. The van der Waals surface area contributed by atoms with Crippen molar-refractivity contribution in [3.8, 4) is 5.75 Å². The van der Waals surface area contributed by atoms with Crippen LogP contribution in [0.1, 0.15) is 30.6 Å². The topological polar surface area (TPSA) is 90.7 Å². The number of amides is 1. The quantitative estimate of drug-likeness (QED) is 0.589. The highest BCUT2D eigenvalue weighted by Gasteiger charge is 2.14. The smallest absolute Gasteiger partial charge is 0.340 e. The Bertz CT molecular complexity index is 500. The molecule has 0 heterocycles. The SMILES string of the molecule is COc1ccc(N)c(C(=O)OCC(=O)NCCC(C)C)c1. The number of nitrogens with one attached hydrogen (secondary N) is 1. The highest BCUT2D eigenvalue weighted by atomic mass is 16.5. The van der Waals surface area contributed by atoms with Gasteiger partial charge in [0.05, 0.1) is 12.7 Å². The normalized spacial score (nSPS) is 10.3. The molecule has 21 heavy (non-hydrogen) atoms. The molecule has 0 bridgehead atoms. The summed E-state index contributed by atoms with van der Waals surface area (Å²) in [5.41, 5.74) is 6.17. The van der Waals surface area contributed by atoms with E-state index < -0.39 is 5.97 Å². The second-order valence-electron chi connectivity index (χ2n) is 5.06. The van der Waals surface area contributed by atoms with E-state index in [2.05, 4.69) is 19.2 Å². The molecule has 0 fully saturated rings. The molecule has 1 aromatic rings. The van der Waals surface area contributed by atoms with Crippen LogP contribution in [0.5, 0.6) is 5.75 Å². The summed E-state index contributed by atoms with van der Waals surface area (Å²) in [6, 6.07) is 4.68. The van der Waals surface area contributed by atoms with Crippen molar-refractivity contribution >= 4 is 17.6 Å². The molecule has 0 aromatic heterocycles. The number of hydrogen-bond acceptors (Lipinski definition) is 5. The third-order valence-corrected chi connectivity index (χ3v) is 2.86. The molecule has 116 valence electrons. The summed E-state index contributed by atoms with van der Waals surface area (Å²) >= 11 is 0. The molecule has 0 saturated carbocycles. The van der Waals surface area contributed by atoms with Crippen molar-refractivity contribution in [2.45, 2.75) is 20.3 Å². The van der Waals surface area contributed by atoms with Crippen LogP contribution in [0.2, 0.25) is 0 Å². The number of rotatable bonds is 7. The number of methoxy groups -OCH3 is 1. The average molecular weight is 294 g/mol. The van der Waals surface area contributed by atoms with Gasteiger partial charge in [0.25, 0.3) is 5.91 Å². The first kappa shape index (κ1) is 16.8. The first-order valence-electron chi connectivity index (χ1n) is 6.81. The minimum atomic E-state index is -0.648. The van der Waals surface area contributed by atoms with Crippen LogP contribution in [0.4, 0.5) is 5.69 Å². The molecule has 0 radical (unpaired) electrons. The van der Waals surface area contributed by atoms with Crippen molar-refractivity contribution in [1.82, 2.24) is 5.32 Å². The van der Waals surface area contributed by atoms with E-state index >= 15 is 0 Å². The Labute approximate surface area is 124 Å². The van der Waals surface area contributed by atoms with E-state index in [0.717, 1.165) is 6.42 Å². The van der Waals surface area contributed by atoms with Crippen LogP contribution in [0.3, 0.4) is 0 Å². The molecule has 0 aliphatic heterocycles. The predicted octanol–water partition coefficient (Wildman–Crippen LogP) is 1.60. The van der Waals surface area contributed by atoms with E-state index in [9.17, 15) is 9.59 Å². The zero-order valence-electron chi connectivity index (χ0n) is 12.6. The summed E-state index contributed by atoms with van der Waals surface area (Å²) in [4.78, 5) is 23.4. The summed E-state index contributed by atoms with van der Waals surface area (Å²) in [7, 11) is 1.49. The van der Waals surface area contributed by atoms with Crippen LogP contribution in [0.25, 0.3) is 0 Å². The van der Waals surface area contributed by atoms with Crippen molar-refractivity contribution in [3.05, 3.63) is 23.8 Å². The maximum atomic E-state index is 11.9. The summed E-state index contributed by atoms with van der Waals surface area (Å²) in [6.07, 6.45) is 0.877. The molecule has 0 aliphatic rings. The van der Waals surface area contributed by atoms with Gasteiger partial charge >= 0.3 is 5.97 Å². The Morgan fingerprint density at radius 1 is 1.33 bits per heavy atom. The van der Waals surface area contributed by atoms with Crippen molar-refractivity contribution in [3.63, 3.8) is 0 Å². The number of anilines is 1. The zero-order chi connectivity index (χ0) is 15.8. The Kier molecular flexibility index (Phi) is 6.52. The molecule has 0 saturated heterocycles. The second kappa shape index (κ2) is 8.14. The lowest BCUT2D eigenvalue weighted by Gasteiger charge is -2.09. The van der Waals surface area contributed by atoms with E-state index in [-0.39, 0.29) is 23.8 Å². The lowest BCUT2D eigenvalue weighted by Crippen LogP contribution is -2.30. The van der Waals surface area contributed by atoms with Crippen LogP contribution >= 0.6 is 0 Å². The van der Waals surface area contributed by atoms with Crippen LogP contribution in [0, 0.1) is 5.92 Å². The van der Waals surface area contributed by atoms with Gasteiger partial charge in [0.1, 0.15) is 5.75 Å². The highest BCUT2D eigenvalue weighted by Crippen LogP contribution is 2.20. The maximum Gasteiger partial charge on any atom is 0.340 e. The van der Waals surface area contributed by atoms with Gasteiger partial charge in [0.2, 0.25) is 0 Å². The van der Waals surface area contributed by atoms with Crippen molar-refractivity contribution < 1.29 is 19.1 Å². The van der Waals surface area contributed by atoms with Crippen LogP contribution < -0.4 is 15.8 Å². The molecule has 3 N–H and O–H groups in total. The molecule has 0 aliphatic carbocycles. The fourth-order valence-electron chi connectivity index (χ4n) is 1.60. The number of benzene rings is 1. The third-order valence-electron chi connectivity index (χ3n) is 2.86. The number of nitrogen functional groups attached to an aromatic ring is 1. The van der Waals surface area contributed by atoms with Gasteiger partial charge in [-0.15, -0.1) is 0 Å². The number of nitrogens with two attached hydrogens (primary N) is 1. The fourth-order valence-corrected chi connectivity index (χ4v) is 1.60. The predicted molar refractivity (Wildman–Crippen MR) is 80.2 cm³/mol. The standard InChI is InChI=1S/C15H22N2O4/c1-10(2)6-7-17-14(18)9-21-15(19)12-8-11(20-3)4-5-13(12)16/h4-5,8,10H,6-7,9,16H2,1-3H3,(H,17,18). The molecule has 6 heteroatoms. The number of carbonyl (C=O) groups is 2. The number of ether oxygens (including phenoxy) is 2. The summed E-state index contributed by atoms with van der Waals surface area (Å²) in [6.45, 7) is 4.37. The van der Waals surface area contributed by atoms with Crippen LogP contribution in [-0.4, -0.2) is 32.1 Å². The van der Waals surface area contributed by atoms with Crippen molar-refractivity contribution in [2.24, 2.45) is 5.92 Å². The van der Waals surface area contributed by atoms with Crippen molar-refractivity contribution in [2.75, 3.05) is 26.0 Å². The van der Waals surface area contributed by atoms with Gasteiger partial charge in [-0.05, 0) is 30.5 Å². The summed E-state index contributed by atoms with van der Waals surface area (Å²) in [5, 5.41) is 2.69. The minimum Gasteiger partial charge on any atom is -0.497 e. The fraction of sp³-hybridized carbons (Fsp3) is 0.467. The zero-order valence-corrected chi connectivity index (χ0v) is 12.6. The highest BCUT2D eigenvalue weighted by molar-refractivity contribution is 5.96. The molecule has 0 atom stereocenters. The maximum absolute atomic E-state index is 11.9. The van der Waals surface area contributed by atoms with Gasteiger partial charge in [-0.2, -0.15) is 0 Å². The third kappa shape index (κ3) is 5.72. The van der Waals surface area contributed by atoms with Gasteiger partial charge in [0, 0.05) is 12.2 Å². The van der Waals surface area contributed by atoms with Crippen molar-refractivity contribution in [1.29, 1.82) is 0 Å². The van der Waals surface area contributed by atoms with E-state index in [1.54, 1.807) is 12.1 Å². The number of hydrogen-bond donors (Lipinski definition) is 2. The number of carbonyl (C=O) groups excluding carboxylic acids is 2. The molecule has 6 nitrogen and oxygen atoms in total. The monoisotopic (exact) mass is 294 g/mol. The van der Waals surface area contributed by atoms with E-state index in [1.165, 1.54) is 13.2 Å². The minimum absolute atomic E-state index is 0.185. The Hall–Kier alpha value is -2.24. The second-order valence-corrected chi connectivity index (χ2v) is 5.06. The number of esters is 1. The van der Waals surface area contributed by atoms with Crippen LogP contribution in [0.15, 0.2) is 18.2 Å². The lowest BCUT2D eigenvalue weighted by molar-refractivity contribution is -0.124. The molecular weight excluding hydrogens is 272 g/mol. The van der Waals surface area contributed by atoms with E-state index in [0.29, 0.717) is 18.2 Å². The van der Waals surface area contributed by atoms with Gasteiger partial charge in [0.15, 0.2) is 6.61 Å². The van der Waals surface area contributed by atoms with Crippen LogP contribution in [-0.2, 0) is 9.53 Å². The van der Waals surface area contributed by atoms with Gasteiger partial charge in [-0.3, -0.25) is 4.79 Å². The Morgan fingerprint density at radius 3 is 2.67 bits per heavy atom. The van der Waals surface area contributed by atoms with Gasteiger partial charge < -0.3 is 20.5 Å². The molecule has 1 rings (SSSR count). The molecule has 1 aromatic carbocycles.